The average Bonchev–Trinajstić information content (AvgIpc) is 2.41. The molecular formula is C15H22FN3O. The SMILES string of the molecule is CC(=O)NCC1CCN(Cc2ccc(N)cc2F)CC1. The number of benzene rings is 1. The Balaban J connectivity index is 1.80. The van der Waals surface area contributed by atoms with Crippen molar-refractivity contribution < 1.29 is 9.18 Å². The lowest BCUT2D eigenvalue weighted by molar-refractivity contribution is -0.119. The van der Waals surface area contributed by atoms with Crippen LogP contribution in [0.1, 0.15) is 25.3 Å². The number of carbonyl (C=O) groups is 1. The summed E-state index contributed by atoms with van der Waals surface area (Å²) in [7, 11) is 0. The van der Waals surface area contributed by atoms with Gasteiger partial charge in [0, 0.05) is 31.3 Å². The van der Waals surface area contributed by atoms with Crippen LogP contribution in [-0.2, 0) is 11.3 Å². The van der Waals surface area contributed by atoms with Crippen LogP contribution in [0.3, 0.4) is 0 Å². The van der Waals surface area contributed by atoms with Gasteiger partial charge in [-0.25, -0.2) is 4.39 Å². The van der Waals surface area contributed by atoms with Gasteiger partial charge in [0.25, 0.3) is 0 Å². The van der Waals surface area contributed by atoms with Gasteiger partial charge in [0.2, 0.25) is 5.91 Å². The Bertz CT molecular complexity index is 470. The summed E-state index contributed by atoms with van der Waals surface area (Å²) in [6.07, 6.45) is 2.08. The van der Waals surface area contributed by atoms with Crippen LogP contribution in [0, 0.1) is 11.7 Å². The van der Waals surface area contributed by atoms with E-state index in [2.05, 4.69) is 10.2 Å². The molecule has 2 rings (SSSR count). The molecule has 1 amide bonds. The largest absolute Gasteiger partial charge is 0.399 e. The fraction of sp³-hybridized carbons (Fsp3) is 0.533. The number of nitrogens with two attached hydrogens (primary N) is 1. The highest BCUT2D eigenvalue weighted by Crippen LogP contribution is 2.20. The maximum atomic E-state index is 13.7. The van der Waals surface area contributed by atoms with Gasteiger partial charge in [0.15, 0.2) is 0 Å². The molecule has 0 atom stereocenters. The second-order valence-electron chi connectivity index (χ2n) is 5.51. The van der Waals surface area contributed by atoms with E-state index in [0.717, 1.165) is 32.5 Å². The van der Waals surface area contributed by atoms with Gasteiger partial charge >= 0.3 is 0 Å². The molecule has 1 aliphatic heterocycles. The van der Waals surface area contributed by atoms with Crippen molar-refractivity contribution in [3.63, 3.8) is 0 Å². The van der Waals surface area contributed by atoms with Crippen LogP contribution in [0.5, 0.6) is 0 Å². The highest BCUT2D eigenvalue weighted by atomic mass is 19.1. The molecule has 1 heterocycles. The van der Waals surface area contributed by atoms with Crippen molar-refractivity contribution in [3.8, 4) is 0 Å². The molecule has 0 aliphatic carbocycles. The number of anilines is 1. The molecular weight excluding hydrogens is 257 g/mol. The standard InChI is InChI=1S/C15H22FN3O/c1-11(20)18-9-12-4-6-19(7-5-12)10-13-2-3-14(17)8-15(13)16/h2-3,8,12H,4-7,9-10,17H2,1H3,(H,18,20). The number of likely N-dealkylation sites (tertiary alicyclic amines) is 1. The highest BCUT2D eigenvalue weighted by molar-refractivity contribution is 5.72. The van der Waals surface area contributed by atoms with Gasteiger partial charge in [0.05, 0.1) is 0 Å². The predicted molar refractivity (Wildman–Crippen MR) is 77.5 cm³/mol. The quantitative estimate of drug-likeness (QED) is 0.826. The molecule has 0 unspecified atom stereocenters. The van der Waals surface area contributed by atoms with Crippen LogP contribution in [0.15, 0.2) is 18.2 Å². The molecule has 3 N–H and O–H groups in total. The van der Waals surface area contributed by atoms with E-state index in [9.17, 15) is 9.18 Å². The molecule has 1 aromatic rings. The van der Waals surface area contributed by atoms with E-state index in [1.54, 1.807) is 19.1 Å². The number of nitrogens with zero attached hydrogens (tertiary/aromatic N) is 1. The van der Waals surface area contributed by atoms with Crippen molar-refractivity contribution in [2.24, 2.45) is 5.92 Å². The van der Waals surface area contributed by atoms with Gasteiger partial charge in [-0.05, 0) is 44.0 Å². The van der Waals surface area contributed by atoms with Crippen molar-refractivity contribution in [2.75, 3.05) is 25.4 Å². The van der Waals surface area contributed by atoms with Gasteiger partial charge in [-0.2, -0.15) is 0 Å². The molecule has 0 bridgehead atoms. The molecule has 1 saturated heterocycles. The van der Waals surface area contributed by atoms with Gasteiger partial charge in [0.1, 0.15) is 5.82 Å². The zero-order valence-electron chi connectivity index (χ0n) is 11.9. The second-order valence-corrected chi connectivity index (χ2v) is 5.51. The molecule has 0 saturated carbocycles. The molecule has 0 radical (unpaired) electrons. The van der Waals surface area contributed by atoms with Crippen LogP contribution < -0.4 is 11.1 Å². The molecule has 1 aliphatic rings. The highest BCUT2D eigenvalue weighted by Gasteiger charge is 2.20. The van der Waals surface area contributed by atoms with Crippen molar-refractivity contribution in [1.29, 1.82) is 0 Å². The van der Waals surface area contributed by atoms with Crippen molar-refractivity contribution in [2.45, 2.75) is 26.3 Å². The van der Waals surface area contributed by atoms with E-state index in [1.807, 2.05) is 0 Å². The fourth-order valence-electron chi connectivity index (χ4n) is 2.57. The number of rotatable bonds is 4. The first-order chi connectivity index (χ1) is 9.54. The van der Waals surface area contributed by atoms with Crippen molar-refractivity contribution in [1.82, 2.24) is 10.2 Å². The molecule has 0 aromatic heterocycles. The molecule has 1 fully saturated rings. The van der Waals surface area contributed by atoms with Crippen LogP contribution >= 0.6 is 0 Å². The summed E-state index contributed by atoms with van der Waals surface area (Å²) in [5.41, 5.74) is 6.70. The summed E-state index contributed by atoms with van der Waals surface area (Å²) >= 11 is 0. The maximum Gasteiger partial charge on any atom is 0.216 e. The summed E-state index contributed by atoms with van der Waals surface area (Å²) < 4.78 is 13.7. The van der Waals surface area contributed by atoms with Crippen LogP contribution in [0.4, 0.5) is 10.1 Å². The molecule has 110 valence electrons. The molecule has 0 spiro atoms. The topological polar surface area (TPSA) is 58.4 Å². The van der Waals surface area contributed by atoms with Gasteiger partial charge in [-0.1, -0.05) is 6.07 Å². The Hall–Kier alpha value is -1.62. The number of hydrogen-bond acceptors (Lipinski definition) is 3. The average molecular weight is 279 g/mol. The zero-order valence-corrected chi connectivity index (χ0v) is 11.9. The number of nitrogens with one attached hydrogen (secondary N) is 1. The molecule has 5 heteroatoms. The summed E-state index contributed by atoms with van der Waals surface area (Å²) in [5, 5.41) is 2.86. The Labute approximate surface area is 119 Å². The third kappa shape index (κ3) is 4.20. The minimum absolute atomic E-state index is 0.0244. The van der Waals surface area contributed by atoms with Crippen LogP contribution in [-0.4, -0.2) is 30.4 Å². The monoisotopic (exact) mass is 279 g/mol. The Morgan fingerprint density at radius 2 is 2.15 bits per heavy atom. The Kier molecular flexibility index (Phi) is 4.95. The van der Waals surface area contributed by atoms with E-state index < -0.39 is 0 Å². The third-order valence-electron chi connectivity index (χ3n) is 3.82. The van der Waals surface area contributed by atoms with E-state index in [1.165, 1.54) is 6.07 Å². The molecule has 1 aromatic carbocycles. The number of halogens is 1. The van der Waals surface area contributed by atoms with E-state index in [-0.39, 0.29) is 11.7 Å². The van der Waals surface area contributed by atoms with E-state index in [4.69, 9.17) is 5.73 Å². The normalized spacial score (nSPS) is 17.1. The minimum atomic E-state index is -0.231. The Morgan fingerprint density at radius 3 is 2.75 bits per heavy atom. The first-order valence-electron chi connectivity index (χ1n) is 7.05. The lowest BCUT2D eigenvalue weighted by Crippen LogP contribution is -2.37. The van der Waals surface area contributed by atoms with Crippen LogP contribution in [0.25, 0.3) is 0 Å². The lowest BCUT2D eigenvalue weighted by Gasteiger charge is -2.32. The van der Waals surface area contributed by atoms with Crippen molar-refractivity contribution >= 4 is 11.6 Å². The van der Waals surface area contributed by atoms with Crippen molar-refractivity contribution in [3.05, 3.63) is 29.6 Å². The number of piperidine rings is 1. The van der Waals surface area contributed by atoms with Gasteiger partial charge < -0.3 is 11.1 Å². The van der Waals surface area contributed by atoms with Gasteiger partial charge in [-0.3, -0.25) is 9.69 Å². The first-order valence-corrected chi connectivity index (χ1v) is 7.05. The second kappa shape index (κ2) is 6.70. The number of hydrogen-bond donors (Lipinski definition) is 2. The maximum absolute atomic E-state index is 13.7. The van der Waals surface area contributed by atoms with Gasteiger partial charge in [-0.15, -0.1) is 0 Å². The van der Waals surface area contributed by atoms with Crippen LogP contribution in [0.2, 0.25) is 0 Å². The number of amides is 1. The summed E-state index contributed by atoms with van der Waals surface area (Å²) in [6, 6.07) is 4.87. The van der Waals surface area contributed by atoms with E-state index in [0.29, 0.717) is 23.7 Å². The smallest absolute Gasteiger partial charge is 0.216 e. The predicted octanol–water partition coefficient (Wildman–Crippen LogP) is 1.76. The fourth-order valence-corrected chi connectivity index (χ4v) is 2.57. The lowest BCUT2D eigenvalue weighted by atomic mass is 9.96. The van der Waals surface area contributed by atoms with E-state index >= 15 is 0 Å². The first kappa shape index (κ1) is 14.8. The minimum Gasteiger partial charge on any atom is -0.399 e. The Morgan fingerprint density at radius 1 is 1.45 bits per heavy atom. The summed E-state index contributed by atoms with van der Waals surface area (Å²) in [4.78, 5) is 13.1. The summed E-state index contributed by atoms with van der Waals surface area (Å²) in [6.45, 7) is 4.79. The summed E-state index contributed by atoms with van der Waals surface area (Å²) in [5.74, 6) is 0.327. The molecule has 20 heavy (non-hydrogen) atoms. The third-order valence-corrected chi connectivity index (χ3v) is 3.82. The molecule has 4 nitrogen and oxygen atoms in total. The zero-order chi connectivity index (χ0) is 14.5. The number of carbonyl (C=O) groups excluding carboxylic acids is 1. The number of nitrogen functional groups attached to an aromatic ring is 1.